The fourth-order valence-electron chi connectivity index (χ4n) is 2.67. The Morgan fingerprint density at radius 1 is 1.37 bits per heavy atom. The predicted molar refractivity (Wildman–Crippen MR) is 81.0 cm³/mol. The molecule has 0 radical (unpaired) electrons. The van der Waals surface area contributed by atoms with Gasteiger partial charge < -0.3 is 10.3 Å². The molecule has 1 aliphatic heterocycles. The number of rotatable bonds is 2. The maximum atomic E-state index is 6.03. The van der Waals surface area contributed by atoms with Gasteiger partial charge in [-0.25, -0.2) is 4.98 Å². The number of hydrogen-bond acceptors (Lipinski definition) is 2. The molecule has 4 heteroatoms. The average molecular weight is 320 g/mol. The summed E-state index contributed by atoms with van der Waals surface area (Å²) in [4.78, 5) is 4.68. The number of aromatic nitrogens is 2. The fraction of sp³-hybridized carbons (Fsp3) is 0.400. The predicted octanol–water partition coefficient (Wildman–Crippen LogP) is 3.15. The molecule has 1 unspecified atom stereocenters. The first kappa shape index (κ1) is 12.9. The second-order valence-corrected chi connectivity index (χ2v) is 5.85. The normalized spacial score (nSPS) is 18.4. The van der Waals surface area contributed by atoms with Gasteiger partial charge in [-0.15, -0.1) is 0 Å². The zero-order valence-corrected chi connectivity index (χ0v) is 12.7. The van der Waals surface area contributed by atoms with E-state index < -0.39 is 0 Å². The fourth-order valence-corrected chi connectivity index (χ4v) is 3.21. The van der Waals surface area contributed by atoms with E-state index in [0.717, 1.165) is 36.2 Å². The summed E-state index contributed by atoms with van der Waals surface area (Å²) >= 11 is 3.55. The van der Waals surface area contributed by atoms with E-state index in [1.165, 1.54) is 16.8 Å². The molecule has 1 aliphatic rings. The van der Waals surface area contributed by atoms with Crippen molar-refractivity contribution in [3.8, 4) is 11.3 Å². The Hall–Kier alpha value is -1.13. The minimum absolute atomic E-state index is 0.244. The molecule has 0 spiro atoms. The second-order valence-electron chi connectivity index (χ2n) is 5.14. The lowest BCUT2D eigenvalue weighted by atomic mass is 10.0. The number of fused-ring (bicyclic) bond motifs is 1. The van der Waals surface area contributed by atoms with E-state index in [1.807, 2.05) is 0 Å². The lowest BCUT2D eigenvalue weighted by Gasteiger charge is -2.22. The van der Waals surface area contributed by atoms with Gasteiger partial charge >= 0.3 is 0 Å². The molecule has 3 rings (SSSR count). The van der Waals surface area contributed by atoms with Crippen molar-refractivity contribution in [3.05, 3.63) is 40.3 Å². The van der Waals surface area contributed by atoms with Crippen LogP contribution in [0.5, 0.6) is 0 Å². The zero-order chi connectivity index (χ0) is 13.4. The first-order chi connectivity index (χ1) is 9.19. The van der Waals surface area contributed by atoms with Crippen LogP contribution >= 0.6 is 15.9 Å². The molecule has 2 N–H and O–H groups in total. The van der Waals surface area contributed by atoms with Gasteiger partial charge in [-0.3, -0.25) is 0 Å². The lowest BCUT2D eigenvalue weighted by Crippen LogP contribution is -2.31. The number of halogens is 1. The molecule has 0 bridgehead atoms. The van der Waals surface area contributed by atoms with Gasteiger partial charge in [-0.2, -0.15) is 0 Å². The van der Waals surface area contributed by atoms with Crippen LogP contribution in [-0.4, -0.2) is 15.6 Å². The van der Waals surface area contributed by atoms with Gasteiger partial charge in [-0.05, 0) is 40.8 Å². The Labute approximate surface area is 122 Å². The maximum Gasteiger partial charge on any atom is 0.177 e. The molecule has 0 amide bonds. The third-order valence-corrected chi connectivity index (χ3v) is 4.44. The van der Waals surface area contributed by atoms with Crippen molar-refractivity contribution >= 4 is 15.9 Å². The largest absolute Gasteiger partial charge is 0.326 e. The number of hydrogen-bond donors (Lipinski definition) is 1. The van der Waals surface area contributed by atoms with Crippen LogP contribution in [-0.2, 0) is 19.4 Å². The van der Waals surface area contributed by atoms with E-state index in [2.05, 4.69) is 56.7 Å². The maximum absolute atomic E-state index is 6.03. The van der Waals surface area contributed by atoms with Gasteiger partial charge in [0.25, 0.3) is 0 Å². The highest BCUT2D eigenvalue weighted by atomic mass is 79.9. The molecule has 100 valence electrons. The molecule has 2 heterocycles. The number of aryl methyl sites for hydroxylation is 1. The van der Waals surface area contributed by atoms with Crippen molar-refractivity contribution in [2.75, 3.05) is 0 Å². The van der Waals surface area contributed by atoms with E-state index >= 15 is 0 Å². The van der Waals surface area contributed by atoms with E-state index in [1.54, 1.807) is 0 Å². The quantitative estimate of drug-likeness (QED) is 0.924. The minimum Gasteiger partial charge on any atom is -0.326 e. The second kappa shape index (κ2) is 5.10. The van der Waals surface area contributed by atoms with Crippen LogP contribution in [0.25, 0.3) is 11.3 Å². The molecule has 1 atom stereocenters. The number of imidazole rings is 1. The molecule has 2 aromatic rings. The summed E-state index contributed by atoms with van der Waals surface area (Å²) in [6, 6.07) is 8.95. The van der Waals surface area contributed by atoms with Crippen LogP contribution in [0.1, 0.15) is 24.6 Å². The highest BCUT2D eigenvalue weighted by molar-refractivity contribution is 9.10. The summed E-state index contributed by atoms with van der Waals surface area (Å²) in [7, 11) is 0. The van der Waals surface area contributed by atoms with Crippen LogP contribution in [0.2, 0.25) is 0 Å². The molecule has 3 nitrogen and oxygen atoms in total. The van der Waals surface area contributed by atoms with Crippen LogP contribution in [0, 0.1) is 0 Å². The topological polar surface area (TPSA) is 43.8 Å². The van der Waals surface area contributed by atoms with Crippen molar-refractivity contribution in [1.82, 2.24) is 9.55 Å². The average Bonchev–Trinajstić information content (AvgIpc) is 2.76. The smallest absolute Gasteiger partial charge is 0.177 e. The Morgan fingerprint density at radius 2 is 2.11 bits per heavy atom. The van der Waals surface area contributed by atoms with E-state index in [-0.39, 0.29) is 6.04 Å². The third-order valence-electron chi connectivity index (χ3n) is 3.83. The van der Waals surface area contributed by atoms with Crippen molar-refractivity contribution in [2.24, 2.45) is 5.73 Å². The summed E-state index contributed by atoms with van der Waals surface area (Å²) in [5, 5.41) is 0. The first-order valence-corrected chi connectivity index (χ1v) is 7.58. The SMILES string of the molecule is CCc1ccc(-c2nc(Br)n3c2CCC(N)C3)cc1. The van der Waals surface area contributed by atoms with Crippen LogP contribution in [0.15, 0.2) is 29.0 Å². The zero-order valence-electron chi connectivity index (χ0n) is 11.1. The van der Waals surface area contributed by atoms with Gasteiger partial charge in [0, 0.05) is 23.8 Å². The summed E-state index contributed by atoms with van der Waals surface area (Å²) in [6.07, 6.45) is 3.11. The number of nitrogens with zero attached hydrogens (tertiary/aromatic N) is 2. The van der Waals surface area contributed by atoms with Crippen molar-refractivity contribution < 1.29 is 0 Å². The molecular weight excluding hydrogens is 302 g/mol. The van der Waals surface area contributed by atoms with Crippen molar-refractivity contribution in [3.63, 3.8) is 0 Å². The van der Waals surface area contributed by atoms with Crippen LogP contribution in [0.4, 0.5) is 0 Å². The van der Waals surface area contributed by atoms with Crippen LogP contribution in [0.3, 0.4) is 0 Å². The minimum atomic E-state index is 0.244. The Bertz CT molecular complexity index is 586. The van der Waals surface area contributed by atoms with Crippen LogP contribution < -0.4 is 5.73 Å². The van der Waals surface area contributed by atoms with Gasteiger partial charge in [0.15, 0.2) is 4.73 Å². The molecule has 0 saturated heterocycles. The van der Waals surface area contributed by atoms with Gasteiger partial charge in [-0.1, -0.05) is 31.2 Å². The Balaban J connectivity index is 2.03. The molecule has 0 fully saturated rings. The highest BCUT2D eigenvalue weighted by Crippen LogP contribution is 2.30. The first-order valence-electron chi connectivity index (χ1n) is 6.79. The Morgan fingerprint density at radius 3 is 2.79 bits per heavy atom. The summed E-state index contributed by atoms with van der Waals surface area (Å²) in [6.45, 7) is 3.03. The Kier molecular flexibility index (Phi) is 3.46. The summed E-state index contributed by atoms with van der Waals surface area (Å²) in [5.41, 5.74) is 11.0. The molecule has 0 saturated carbocycles. The van der Waals surface area contributed by atoms with E-state index in [0.29, 0.717) is 0 Å². The van der Waals surface area contributed by atoms with E-state index in [9.17, 15) is 0 Å². The van der Waals surface area contributed by atoms with E-state index in [4.69, 9.17) is 5.73 Å². The monoisotopic (exact) mass is 319 g/mol. The lowest BCUT2D eigenvalue weighted by molar-refractivity contribution is 0.455. The van der Waals surface area contributed by atoms with Crippen molar-refractivity contribution in [1.29, 1.82) is 0 Å². The molecule has 1 aromatic carbocycles. The third kappa shape index (κ3) is 2.35. The highest BCUT2D eigenvalue weighted by Gasteiger charge is 2.23. The molecule has 19 heavy (non-hydrogen) atoms. The van der Waals surface area contributed by atoms with Crippen molar-refractivity contribution in [2.45, 2.75) is 38.8 Å². The molecule has 0 aliphatic carbocycles. The number of benzene rings is 1. The number of nitrogens with two attached hydrogens (primary N) is 1. The summed E-state index contributed by atoms with van der Waals surface area (Å²) < 4.78 is 3.10. The van der Waals surface area contributed by atoms with Gasteiger partial charge in [0.2, 0.25) is 0 Å². The molecular formula is C15H18BrN3. The van der Waals surface area contributed by atoms with Gasteiger partial charge in [0.1, 0.15) is 0 Å². The van der Waals surface area contributed by atoms with Gasteiger partial charge in [0.05, 0.1) is 5.69 Å². The summed E-state index contributed by atoms with van der Waals surface area (Å²) in [5.74, 6) is 0. The molecule has 1 aromatic heterocycles. The standard InChI is InChI=1S/C15H18BrN3/c1-2-10-3-5-11(6-4-10)14-13-8-7-12(17)9-19(13)15(16)18-14/h3-6,12H,2,7-9,17H2,1H3.